The van der Waals surface area contributed by atoms with E-state index >= 15 is 0 Å². The van der Waals surface area contributed by atoms with Gasteiger partial charge in [0.1, 0.15) is 0 Å². The molecule has 1 fully saturated rings. The van der Waals surface area contributed by atoms with E-state index in [-0.39, 0.29) is 6.61 Å². The Morgan fingerprint density at radius 2 is 1.76 bits per heavy atom. The van der Waals surface area contributed by atoms with Gasteiger partial charge in [-0.2, -0.15) is 0 Å². The molecule has 21 heavy (non-hydrogen) atoms. The lowest BCUT2D eigenvalue weighted by atomic mass is 10.1. The van der Waals surface area contributed by atoms with E-state index in [0.29, 0.717) is 0 Å². The molecule has 1 aromatic heterocycles. The number of aliphatic hydroxyl groups excluding tert-OH is 1. The number of rotatable bonds is 4. The van der Waals surface area contributed by atoms with Crippen LogP contribution in [0.4, 0.5) is 5.69 Å². The lowest BCUT2D eigenvalue weighted by Crippen LogP contribution is -2.46. The zero-order valence-electron chi connectivity index (χ0n) is 12.2. The zero-order chi connectivity index (χ0) is 14.5. The summed E-state index contributed by atoms with van der Waals surface area (Å²) in [6.45, 7) is 5.13. The summed E-state index contributed by atoms with van der Waals surface area (Å²) >= 11 is 0. The summed E-state index contributed by atoms with van der Waals surface area (Å²) in [7, 11) is 0. The minimum absolute atomic E-state index is 0.0490. The van der Waals surface area contributed by atoms with Gasteiger partial charge in [-0.05, 0) is 11.6 Å². The number of hydrogen-bond donors (Lipinski definition) is 1. The van der Waals surface area contributed by atoms with Crippen LogP contribution in [0, 0.1) is 0 Å². The molecule has 1 N–H and O–H groups in total. The van der Waals surface area contributed by atoms with Gasteiger partial charge in [0.05, 0.1) is 6.61 Å². The largest absolute Gasteiger partial charge is 0.392 e. The van der Waals surface area contributed by atoms with Gasteiger partial charge in [-0.3, -0.25) is 9.88 Å². The Balaban J connectivity index is 1.60. The summed E-state index contributed by atoms with van der Waals surface area (Å²) < 4.78 is 0. The van der Waals surface area contributed by atoms with Gasteiger partial charge in [0.15, 0.2) is 0 Å². The number of pyridine rings is 1. The summed E-state index contributed by atoms with van der Waals surface area (Å²) in [5.74, 6) is 0. The smallest absolute Gasteiger partial charge is 0.0717 e. The quantitative estimate of drug-likeness (QED) is 0.930. The predicted molar refractivity (Wildman–Crippen MR) is 84.1 cm³/mol. The highest BCUT2D eigenvalue weighted by molar-refractivity contribution is 5.52. The second-order valence-corrected chi connectivity index (χ2v) is 5.41. The number of hydrogen-bond acceptors (Lipinski definition) is 4. The lowest BCUT2D eigenvalue weighted by Gasteiger charge is -2.36. The van der Waals surface area contributed by atoms with Crippen LogP contribution in [0.15, 0.2) is 48.8 Å². The average molecular weight is 283 g/mol. The van der Waals surface area contributed by atoms with Crippen LogP contribution >= 0.6 is 0 Å². The molecule has 0 saturated carbocycles. The number of piperazine rings is 1. The van der Waals surface area contributed by atoms with Crippen molar-refractivity contribution in [2.45, 2.75) is 13.2 Å². The van der Waals surface area contributed by atoms with E-state index < -0.39 is 0 Å². The van der Waals surface area contributed by atoms with E-state index in [1.165, 1.54) is 5.56 Å². The molecule has 1 aliphatic heterocycles. The number of aliphatic hydroxyl groups is 1. The Hall–Kier alpha value is -1.91. The molecule has 1 aromatic carbocycles. The van der Waals surface area contributed by atoms with Crippen molar-refractivity contribution in [3.05, 3.63) is 59.9 Å². The average Bonchev–Trinajstić information content (AvgIpc) is 2.56. The standard InChI is InChI=1S/C17H21N3O/c21-14-16-12-18-7-6-17(16)20-10-8-19(9-11-20)13-15-4-2-1-3-5-15/h1-7,12,21H,8-11,13-14H2. The molecule has 2 heterocycles. The van der Waals surface area contributed by atoms with Gasteiger partial charge in [-0.1, -0.05) is 30.3 Å². The third-order valence-corrected chi connectivity index (χ3v) is 4.01. The van der Waals surface area contributed by atoms with Crippen molar-refractivity contribution in [2.75, 3.05) is 31.1 Å². The topological polar surface area (TPSA) is 39.6 Å². The van der Waals surface area contributed by atoms with Crippen LogP contribution in [0.25, 0.3) is 0 Å². The van der Waals surface area contributed by atoms with Crippen molar-refractivity contribution in [3.63, 3.8) is 0 Å². The second kappa shape index (κ2) is 6.70. The molecule has 110 valence electrons. The monoisotopic (exact) mass is 283 g/mol. The fourth-order valence-corrected chi connectivity index (χ4v) is 2.84. The van der Waals surface area contributed by atoms with Crippen molar-refractivity contribution in [3.8, 4) is 0 Å². The van der Waals surface area contributed by atoms with Crippen molar-refractivity contribution >= 4 is 5.69 Å². The molecule has 4 nitrogen and oxygen atoms in total. The normalized spacial score (nSPS) is 16.1. The highest BCUT2D eigenvalue weighted by Gasteiger charge is 2.18. The van der Waals surface area contributed by atoms with E-state index in [1.807, 2.05) is 6.07 Å². The number of benzene rings is 1. The highest BCUT2D eigenvalue weighted by atomic mass is 16.3. The van der Waals surface area contributed by atoms with Crippen LogP contribution < -0.4 is 4.90 Å². The van der Waals surface area contributed by atoms with Gasteiger partial charge in [0.25, 0.3) is 0 Å². The molecule has 0 radical (unpaired) electrons. The molecule has 4 heteroatoms. The summed E-state index contributed by atoms with van der Waals surface area (Å²) in [5, 5.41) is 9.42. The van der Waals surface area contributed by atoms with Crippen molar-refractivity contribution in [1.29, 1.82) is 0 Å². The summed E-state index contributed by atoms with van der Waals surface area (Å²) in [5.41, 5.74) is 3.40. The maximum Gasteiger partial charge on any atom is 0.0717 e. The maximum absolute atomic E-state index is 9.42. The molecule has 0 unspecified atom stereocenters. The van der Waals surface area contributed by atoms with E-state index in [2.05, 4.69) is 45.1 Å². The van der Waals surface area contributed by atoms with Crippen LogP contribution in [-0.4, -0.2) is 41.2 Å². The third kappa shape index (κ3) is 3.40. The van der Waals surface area contributed by atoms with Crippen LogP contribution in [0.5, 0.6) is 0 Å². The highest BCUT2D eigenvalue weighted by Crippen LogP contribution is 2.21. The predicted octanol–water partition coefficient (Wildman–Crippen LogP) is 1.90. The molecule has 0 atom stereocenters. The molecule has 1 saturated heterocycles. The molecule has 0 spiro atoms. The van der Waals surface area contributed by atoms with Gasteiger partial charge in [-0.15, -0.1) is 0 Å². The Kier molecular flexibility index (Phi) is 4.48. The van der Waals surface area contributed by atoms with Crippen molar-refractivity contribution in [1.82, 2.24) is 9.88 Å². The number of anilines is 1. The van der Waals surface area contributed by atoms with Crippen molar-refractivity contribution < 1.29 is 5.11 Å². The lowest BCUT2D eigenvalue weighted by molar-refractivity contribution is 0.248. The van der Waals surface area contributed by atoms with Crippen LogP contribution in [0.1, 0.15) is 11.1 Å². The molecule has 0 aliphatic carbocycles. The SMILES string of the molecule is OCc1cnccc1N1CCN(Cc2ccccc2)CC1. The second-order valence-electron chi connectivity index (χ2n) is 5.41. The molecular formula is C17H21N3O. The van der Waals surface area contributed by atoms with Gasteiger partial charge < -0.3 is 10.0 Å². The minimum Gasteiger partial charge on any atom is -0.392 e. The summed E-state index contributed by atoms with van der Waals surface area (Å²) in [6.07, 6.45) is 3.55. The van der Waals surface area contributed by atoms with E-state index in [4.69, 9.17) is 0 Å². The Bertz CT molecular complexity index is 565. The molecule has 1 aliphatic rings. The van der Waals surface area contributed by atoms with Crippen LogP contribution in [0.2, 0.25) is 0 Å². The molecule has 2 aromatic rings. The van der Waals surface area contributed by atoms with E-state index in [1.54, 1.807) is 12.4 Å². The minimum atomic E-state index is 0.0490. The van der Waals surface area contributed by atoms with Crippen LogP contribution in [-0.2, 0) is 13.2 Å². The van der Waals surface area contributed by atoms with E-state index in [0.717, 1.165) is 44.0 Å². The number of aromatic nitrogens is 1. The van der Waals surface area contributed by atoms with Crippen LogP contribution in [0.3, 0.4) is 0 Å². The Morgan fingerprint density at radius 3 is 2.48 bits per heavy atom. The number of nitrogens with zero attached hydrogens (tertiary/aromatic N) is 3. The first kappa shape index (κ1) is 14.0. The van der Waals surface area contributed by atoms with Gasteiger partial charge in [0.2, 0.25) is 0 Å². The first-order valence-electron chi connectivity index (χ1n) is 7.42. The Labute approximate surface area is 125 Å². The van der Waals surface area contributed by atoms with Crippen molar-refractivity contribution in [2.24, 2.45) is 0 Å². The molecule has 3 rings (SSSR count). The fraction of sp³-hybridized carbons (Fsp3) is 0.353. The first-order valence-corrected chi connectivity index (χ1v) is 7.42. The molecule has 0 amide bonds. The van der Waals surface area contributed by atoms with Gasteiger partial charge >= 0.3 is 0 Å². The molecular weight excluding hydrogens is 262 g/mol. The Morgan fingerprint density at radius 1 is 1.00 bits per heavy atom. The zero-order valence-corrected chi connectivity index (χ0v) is 12.2. The molecule has 0 bridgehead atoms. The summed E-state index contributed by atoms with van der Waals surface area (Å²) in [4.78, 5) is 8.90. The van der Waals surface area contributed by atoms with Gasteiger partial charge in [-0.25, -0.2) is 0 Å². The first-order chi connectivity index (χ1) is 10.4. The maximum atomic E-state index is 9.42. The summed E-state index contributed by atoms with van der Waals surface area (Å²) in [6, 6.07) is 12.6. The van der Waals surface area contributed by atoms with Gasteiger partial charge in [0, 0.05) is 56.4 Å². The third-order valence-electron chi connectivity index (χ3n) is 4.01. The van der Waals surface area contributed by atoms with E-state index in [9.17, 15) is 5.11 Å². The fourth-order valence-electron chi connectivity index (χ4n) is 2.84.